The van der Waals surface area contributed by atoms with E-state index in [0.29, 0.717) is 56.2 Å². The van der Waals surface area contributed by atoms with Gasteiger partial charge in [0.15, 0.2) is 0 Å². The minimum absolute atomic E-state index is 0.0404. The first-order valence-corrected chi connectivity index (χ1v) is 8.68. The Labute approximate surface area is 150 Å². The van der Waals surface area contributed by atoms with Crippen molar-refractivity contribution in [1.29, 1.82) is 0 Å². The van der Waals surface area contributed by atoms with Crippen LogP contribution in [-0.4, -0.2) is 70.7 Å². The van der Waals surface area contributed by atoms with E-state index in [1.165, 1.54) is 0 Å². The zero-order valence-electron chi connectivity index (χ0n) is 14.5. The van der Waals surface area contributed by atoms with Gasteiger partial charge in [-0.05, 0) is 12.1 Å². The largest absolute Gasteiger partial charge is 0.481 e. The number of fused-ring (bicyclic) bond motifs is 1. The molecule has 0 aromatic carbocycles. The molecule has 1 saturated heterocycles. The maximum atomic E-state index is 12.7. The summed E-state index contributed by atoms with van der Waals surface area (Å²) in [6, 6.07) is 5.38. The molecule has 26 heavy (non-hydrogen) atoms. The molecule has 136 valence electrons. The highest BCUT2D eigenvalue weighted by molar-refractivity contribution is 5.98. The fourth-order valence-corrected chi connectivity index (χ4v) is 3.44. The van der Waals surface area contributed by atoms with Crippen LogP contribution in [0.1, 0.15) is 23.3 Å². The molecule has 3 heterocycles. The Morgan fingerprint density at radius 3 is 2.50 bits per heavy atom. The molecule has 0 spiro atoms. The zero-order chi connectivity index (χ0) is 18.3. The molecular formula is C18H20N4O4. The van der Waals surface area contributed by atoms with Gasteiger partial charge in [0, 0.05) is 50.5 Å². The average molecular weight is 356 g/mol. The minimum Gasteiger partial charge on any atom is -0.481 e. The number of aromatic amines is 1. The third-order valence-corrected chi connectivity index (χ3v) is 5.07. The molecule has 1 saturated carbocycles. The first-order chi connectivity index (χ1) is 12.5. The van der Waals surface area contributed by atoms with Crippen molar-refractivity contribution in [3.63, 3.8) is 0 Å². The van der Waals surface area contributed by atoms with E-state index in [1.54, 1.807) is 29.0 Å². The summed E-state index contributed by atoms with van der Waals surface area (Å²) in [5, 5.41) is 0.845. The van der Waals surface area contributed by atoms with Crippen LogP contribution in [0.5, 0.6) is 5.88 Å². The summed E-state index contributed by atoms with van der Waals surface area (Å²) in [7, 11) is 1.55. The van der Waals surface area contributed by atoms with Crippen LogP contribution < -0.4 is 4.74 Å². The minimum atomic E-state index is -0.153. The fourth-order valence-electron chi connectivity index (χ4n) is 3.44. The fraction of sp³-hybridized carbons (Fsp3) is 0.444. The first kappa shape index (κ1) is 16.6. The van der Waals surface area contributed by atoms with Crippen LogP contribution in [0.15, 0.2) is 18.2 Å². The van der Waals surface area contributed by atoms with E-state index in [4.69, 9.17) is 4.74 Å². The number of piperazine rings is 1. The number of H-pyrrole nitrogens is 1. The summed E-state index contributed by atoms with van der Waals surface area (Å²) in [6.07, 6.45) is 0.729. The number of amides is 2. The third kappa shape index (κ3) is 2.91. The molecular weight excluding hydrogens is 336 g/mol. The van der Waals surface area contributed by atoms with E-state index < -0.39 is 0 Å². The molecule has 2 aromatic heterocycles. The van der Waals surface area contributed by atoms with Crippen molar-refractivity contribution in [2.24, 2.45) is 5.92 Å². The topological polar surface area (TPSA) is 95.6 Å². The van der Waals surface area contributed by atoms with Crippen LogP contribution in [0, 0.1) is 5.92 Å². The Morgan fingerprint density at radius 1 is 1.15 bits per heavy atom. The number of nitrogens with zero attached hydrogens (tertiary/aromatic N) is 3. The van der Waals surface area contributed by atoms with Gasteiger partial charge in [0.2, 0.25) is 11.8 Å². The molecule has 8 heteroatoms. The number of hydrogen-bond donors (Lipinski definition) is 1. The number of aromatic nitrogens is 2. The van der Waals surface area contributed by atoms with Crippen LogP contribution in [-0.2, 0) is 9.59 Å². The Hall–Kier alpha value is -2.90. The van der Waals surface area contributed by atoms with Gasteiger partial charge in [-0.2, -0.15) is 4.98 Å². The molecule has 0 unspecified atom stereocenters. The third-order valence-electron chi connectivity index (χ3n) is 5.07. The van der Waals surface area contributed by atoms with E-state index >= 15 is 0 Å². The van der Waals surface area contributed by atoms with Crippen LogP contribution in [0.2, 0.25) is 0 Å². The number of ketones is 1. The summed E-state index contributed by atoms with van der Waals surface area (Å²) in [4.78, 5) is 46.9. The Kier molecular flexibility index (Phi) is 4.10. The lowest BCUT2D eigenvalue weighted by molar-refractivity contribution is -0.146. The van der Waals surface area contributed by atoms with Crippen LogP contribution >= 0.6 is 0 Å². The van der Waals surface area contributed by atoms with Crippen LogP contribution in [0.3, 0.4) is 0 Å². The van der Waals surface area contributed by atoms with E-state index in [-0.39, 0.29) is 23.5 Å². The number of carbonyl (C=O) groups is 3. The molecule has 0 radical (unpaired) electrons. The molecule has 0 bridgehead atoms. The van der Waals surface area contributed by atoms with Crippen molar-refractivity contribution in [2.45, 2.75) is 12.8 Å². The molecule has 2 aliphatic rings. The van der Waals surface area contributed by atoms with Crippen molar-refractivity contribution < 1.29 is 19.1 Å². The van der Waals surface area contributed by atoms with Crippen molar-refractivity contribution in [2.75, 3.05) is 33.3 Å². The van der Waals surface area contributed by atoms with Crippen molar-refractivity contribution in [1.82, 2.24) is 19.8 Å². The normalized spacial score (nSPS) is 18.1. The number of methoxy groups -OCH3 is 1. The van der Waals surface area contributed by atoms with Gasteiger partial charge in [0.25, 0.3) is 5.91 Å². The smallest absolute Gasteiger partial charge is 0.270 e. The summed E-state index contributed by atoms with van der Waals surface area (Å²) < 4.78 is 5.10. The molecule has 0 atom stereocenters. The number of hydrogen-bond acceptors (Lipinski definition) is 5. The first-order valence-electron chi connectivity index (χ1n) is 8.68. The van der Waals surface area contributed by atoms with Crippen molar-refractivity contribution in [3.05, 3.63) is 23.9 Å². The summed E-state index contributed by atoms with van der Waals surface area (Å²) in [5.41, 5.74) is 1.08. The predicted octanol–water partition coefficient (Wildman–Crippen LogP) is 0.835. The Balaban J connectivity index is 1.40. The Bertz CT molecular complexity index is 874. The monoisotopic (exact) mass is 356 g/mol. The summed E-state index contributed by atoms with van der Waals surface area (Å²) >= 11 is 0. The van der Waals surface area contributed by atoms with Gasteiger partial charge in [-0.1, -0.05) is 0 Å². The second kappa shape index (κ2) is 6.44. The second-order valence-corrected chi connectivity index (χ2v) is 6.74. The van der Waals surface area contributed by atoms with Gasteiger partial charge in [-0.25, -0.2) is 0 Å². The molecule has 4 rings (SSSR count). The number of pyridine rings is 1. The maximum Gasteiger partial charge on any atom is 0.270 e. The zero-order valence-corrected chi connectivity index (χ0v) is 14.5. The van der Waals surface area contributed by atoms with Gasteiger partial charge >= 0.3 is 0 Å². The molecule has 1 aliphatic heterocycles. The van der Waals surface area contributed by atoms with E-state index in [0.717, 1.165) is 5.39 Å². The van der Waals surface area contributed by atoms with Crippen LogP contribution in [0.25, 0.3) is 11.0 Å². The van der Waals surface area contributed by atoms with E-state index in [1.807, 2.05) is 6.07 Å². The molecule has 1 aliphatic carbocycles. The number of nitrogens with one attached hydrogen (secondary N) is 1. The summed E-state index contributed by atoms with van der Waals surface area (Å²) in [6.45, 7) is 1.97. The van der Waals surface area contributed by atoms with Gasteiger partial charge in [0.1, 0.15) is 17.1 Å². The SMILES string of the molecule is COc1ccc2cc(C(=O)N3CCN(C(=O)C4CC(=O)C4)CC3)[nH]c2n1. The number of ether oxygens (including phenoxy) is 1. The lowest BCUT2D eigenvalue weighted by Gasteiger charge is -2.37. The van der Waals surface area contributed by atoms with E-state index in [9.17, 15) is 14.4 Å². The van der Waals surface area contributed by atoms with Crippen molar-refractivity contribution in [3.8, 4) is 5.88 Å². The van der Waals surface area contributed by atoms with E-state index in [2.05, 4.69) is 9.97 Å². The highest BCUT2D eigenvalue weighted by Crippen LogP contribution is 2.26. The van der Waals surface area contributed by atoms with Crippen LogP contribution in [0.4, 0.5) is 0 Å². The number of rotatable bonds is 3. The number of carbonyl (C=O) groups excluding carboxylic acids is 3. The van der Waals surface area contributed by atoms with Gasteiger partial charge < -0.3 is 19.5 Å². The lowest BCUT2D eigenvalue weighted by atomic mass is 9.83. The Morgan fingerprint density at radius 2 is 1.85 bits per heavy atom. The van der Waals surface area contributed by atoms with Gasteiger partial charge in [0.05, 0.1) is 13.0 Å². The predicted molar refractivity (Wildman–Crippen MR) is 92.9 cm³/mol. The lowest BCUT2D eigenvalue weighted by Crippen LogP contribution is -2.53. The second-order valence-electron chi connectivity index (χ2n) is 6.74. The highest BCUT2D eigenvalue weighted by atomic mass is 16.5. The average Bonchev–Trinajstić information content (AvgIpc) is 3.07. The summed E-state index contributed by atoms with van der Waals surface area (Å²) in [5.74, 6) is 0.423. The molecule has 2 aromatic rings. The molecule has 1 N–H and O–H groups in total. The van der Waals surface area contributed by atoms with Crippen molar-refractivity contribution >= 4 is 28.6 Å². The molecule has 8 nitrogen and oxygen atoms in total. The van der Waals surface area contributed by atoms with Gasteiger partial charge in [-0.3, -0.25) is 14.4 Å². The molecule has 2 amide bonds. The quantitative estimate of drug-likeness (QED) is 0.879. The standard InChI is InChI=1S/C18H20N4O4/c1-26-15-3-2-11-10-14(19-16(11)20-15)18(25)22-6-4-21(5-7-22)17(24)12-8-13(23)9-12/h2-3,10,12H,4-9H2,1H3,(H,19,20). The van der Waals surface area contributed by atoms with Gasteiger partial charge in [-0.15, -0.1) is 0 Å². The molecule has 2 fully saturated rings. The maximum absolute atomic E-state index is 12.7. The number of Topliss-reactive ketones (excluding diaryl/α,β-unsaturated/α-hetero) is 1. The highest BCUT2D eigenvalue weighted by Gasteiger charge is 2.36.